The van der Waals surface area contributed by atoms with Gasteiger partial charge in [0.1, 0.15) is 0 Å². The van der Waals surface area contributed by atoms with E-state index in [1.165, 1.54) is 24.3 Å². The maximum Gasteiger partial charge on any atom is 0.321 e. The molecular formula is C17H18Cl2N4O3S. The van der Waals surface area contributed by atoms with Crippen LogP contribution in [0.3, 0.4) is 0 Å². The minimum absolute atomic E-state index is 0.00395. The molecule has 0 atom stereocenters. The molecule has 3 rings (SSSR count). The highest BCUT2D eigenvalue weighted by atomic mass is 35.5. The highest BCUT2D eigenvalue weighted by molar-refractivity contribution is 7.89. The number of carbonyl (C=O) groups excluding carboxylic acids is 1. The Morgan fingerprint density at radius 1 is 0.963 bits per heavy atom. The highest BCUT2D eigenvalue weighted by Gasteiger charge is 2.22. The number of urea groups is 1. The van der Waals surface area contributed by atoms with Crippen molar-refractivity contribution in [2.24, 2.45) is 5.14 Å². The predicted octanol–water partition coefficient (Wildman–Crippen LogP) is 2.99. The molecule has 0 radical (unpaired) electrons. The molecule has 27 heavy (non-hydrogen) atoms. The molecule has 1 saturated heterocycles. The lowest BCUT2D eigenvalue weighted by Crippen LogP contribution is -2.50. The minimum Gasteiger partial charge on any atom is -0.368 e. The van der Waals surface area contributed by atoms with Gasteiger partial charge in [-0.05, 0) is 42.5 Å². The van der Waals surface area contributed by atoms with Gasteiger partial charge in [0, 0.05) is 37.6 Å². The van der Waals surface area contributed by atoms with Crippen molar-refractivity contribution in [1.29, 1.82) is 0 Å². The number of primary sulfonamides is 1. The molecule has 0 aliphatic carbocycles. The van der Waals surface area contributed by atoms with Gasteiger partial charge in [-0.15, -0.1) is 0 Å². The molecule has 1 aliphatic rings. The third kappa shape index (κ3) is 4.84. The van der Waals surface area contributed by atoms with Gasteiger partial charge in [-0.2, -0.15) is 0 Å². The quantitative estimate of drug-likeness (QED) is 0.784. The van der Waals surface area contributed by atoms with Gasteiger partial charge >= 0.3 is 6.03 Å². The summed E-state index contributed by atoms with van der Waals surface area (Å²) in [4.78, 5) is 16.2. The number of piperazine rings is 1. The van der Waals surface area contributed by atoms with Gasteiger partial charge in [-0.1, -0.05) is 23.2 Å². The molecule has 0 saturated carbocycles. The Morgan fingerprint density at radius 2 is 1.59 bits per heavy atom. The summed E-state index contributed by atoms with van der Waals surface area (Å²) < 4.78 is 22.5. The van der Waals surface area contributed by atoms with E-state index in [-0.39, 0.29) is 10.9 Å². The number of benzene rings is 2. The number of halogens is 2. The third-order valence-corrected chi connectivity index (χ3v) is 5.94. The first-order chi connectivity index (χ1) is 12.7. The zero-order chi connectivity index (χ0) is 19.6. The Balaban J connectivity index is 1.57. The lowest BCUT2D eigenvalue weighted by Gasteiger charge is -2.36. The fourth-order valence-corrected chi connectivity index (χ4v) is 3.59. The molecule has 2 aromatic rings. The first-order valence-electron chi connectivity index (χ1n) is 8.13. The number of nitrogens with two attached hydrogens (primary N) is 1. The molecular weight excluding hydrogens is 411 g/mol. The van der Waals surface area contributed by atoms with E-state index in [1.54, 1.807) is 11.0 Å². The Kier molecular flexibility index (Phi) is 5.81. The summed E-state index contributed by atoms with van der Waals surface area (Å²) in [5, 5.41) is 8.82. The molecule has 10 heteroatoms. The van der Waals surface area contributed by atoms with Crippen LogP contribution in [0, 0.1) is 0 Å². The second-order valence-corrected chi connectivity index (χ2v) is 8.45. The summed E-state index contributed by atoms with van der Waals surface area (Å²) in [7, 11) is -3.75. The molecule has 0 aromatic heterocycles. The van der Waals surface area contributed by atoms with E-state index in [4.69, 9.17) is 28.3 Å². The Labute approximate surface area is 167 Å². The number of hydrogen-bond acceptors (Lipinski definition) is 4. The first kappa shape index (κ1) is 19.8. The van der Waals surface area contributed by atoms with Crippen LogP contribution in [0.5, 0.6) is 0 Å². The van der Waals surface area contributed by atoms with Gasteiger partial charge in [0.25, 0.3) is 0 Å². The summed E-state index contributed by atoms with van der Waals surface area (Å²) in [5.41, 5.74) is 1.46. The highest BCUT2D eigenvalue weighted by Crippen LogP contribution is 2.27. The number of rotatable bonds is 3. The molecule has 0 unspecified atom stereocenters. The van der Waals surface area contributed by atoms with Gasteiger partial charge in [-0.25, -0.2) is 18.4 Å². The number of nitrogens with zero attached hydrogens (tertiary/aromatic N) is 2. The topological polar surface area (TPSA) is 95.7 Å². The van der Waals surface area contributed by atoms with Crippen LogP contribution in [-0.4, -0.2) is 45.5 Å². The molecule has 0 spiro atoms. The van der Waals surface area contributed by atoms with E-state index in [9.17, 15) is 13.2 Å². The van der Waals surface area contributed by atoms with E-state index >= 15 is 0 Å². The molecule has 7 nitrogen and oxygen atoms in total. The smallest absolute Gasteiger partial charge is 0.321 e. The summed E-state index contributed by atoms with van der Waals surface area (Å²) in [6.45, 7) is 2.41. The number of amides is 2. The van der Waals surface area contributed by atoms with Crippen LogP contribution >= 0.6 is 23.2 Å². The van der Waals surface area contributed by atoms with Crippen LogP contribution < -0.4 is 15.4 Å². The predicted molar refractivity (Wildman–Crippen MR) is 107 cm³/mol. The second kappa shape index (κ2) is 7.93. The fraction of sp³-hybridized carbons (Fsp3) is 0.235. The second-order valence-electron chi connectivity index (χ2n) is 6.07. The summed E-state index contributed by atoms with van der Waals surface area (Å²) >= 11 is 12.0. The van der Waals surface area contributed by atoms with Gasteiger partial charge in [0.05, 0.1) is 14.9 Å². The van der Waals surface area contributed by atoms with E-state index < -0.39 is 10.0 Å². The Hall–Kier alpha value is -2.00. The molecule has 2 aromatic carbocycles. The van der Waals surface area contributed by atoms with Crippen LogP contribution in [0.25, 0.3) is 0 Å². The van der Waals surface area contributed by atoms with Crippen molar-refractivity contribution in [2.75, 3.05) is 36.4 Å². The van der Waals surface area contributed by atoms with Crippen LogP contribution in [0.15, 0.2) is 47.4 Å². The van der Waals surface area contributed by atoms with Crippen LogP contribution in [0.1, 0.15) is 0 Å². The van der Waals surface area contributed by atoms with Crippen molar-refractivity contribution in [3.63, 3.8) is 0 Å². The zero-order valence-corrected chi connectivity index (χ0v) is 16.6. The number of anilines is 2. The largest absolute Gasteiger partial charge is 0.368 e. The Morgan fingerprint density at radius 3 is 2.15 bits per heavy atom. The summed E-state index contributed by atoms with van der Waals surface area (Å²) in [6.07, 6.45) is 0. The summed E-state index contributed by atoms with van der Waals surface area (Å²) in [5.74, 6) is 0. The maximum atomic E-state index is 12.4. The average Bonchev–Trinajstić information content (AvgIpc) is 2.64. The normalized spacial score (nSPS) is 14.9. The standard InChI is InChI=1S/C17H18Cl2N4O3S/c18-15-6-3-13(11-16(15)19)22-7-9-23(10-8-22)17(24)21-12-1-4-14(5-2-12)27(20,25)26/h1-6,11H,7-10H2,(H,21,24)(H2,20,25,26). The van der Waals surface area contributed by atoms with Crippen molar-refractivity contribution in [3.05, 3.63) is 52.5 Å². The monoisotopic (exact) mass is 428 g/mol. The summed E-state index contributed by atoms with van der Waals surface area (Å²) in [6, 6.07) is 10.9. The first-order valence-corrected chi connectivity index (χ1v) is 10.4. The third-order valence-electron chi connectivity index (χ3n) is 4.27. The lowest BCUT2D eigenvalue weighted by atomic mass is 10.2. The molecule has 1 heterocycles. The van der Waals surface area contributed by atoms with Crippen molar-refractivity contribution in [2.45, 2.75) is 4.90 Å². The number of hydrogen-bond donors (Lipinski definition) is 2. The molecule has 0 bridgehead atoms. The van der Waals surface area contributed by atoms with Crippen LogP contribution in [0.4, 0.5) is 16.2 Å². The van der Waals surface area contributed by atoms with Gasteiger partial charge in [0.2, 0.25) is 10.0 Å². The zero-order valence-electron chi connectivity index (χ0n) is 14.2. The molecule has 1 fully saturated rings. The van der Waals surface area contributed by atoms with Crippen molar-refractivity contribution < 1.29 is 13.2 Å². The molecule has 2 amide bonds. The minimum atomic E-state index is -3.75. The van der Waals surface area contributed by atoms with Gasteiger partial charge in [0.15, 0.2) is 0 Å². The maximum absolute atomic E-state index is 12.4. The molecule has 1 aliphatic heterocycles. The van der Waals surface area contributed by atoms with E-state index in [2.05, 4.69) is 10.2 Å². The van der Waals surface area contributed by atoms with Gasteiger partial charge in [-0.3, -0.25) is 0 Å². The van der Waals surface area contributed by atoms with Crippen molar-refractivity contribution in [1.82, 2.24) is 4.90 Å². The van der Waals surface area contributed by atoms with Crippen molar-refractivity contribution >= 4 is 50.6 Å². The molecule has 3 N–H and O–H groups in total. The number of carbonyl (C=O) groups is 1. The van der Waals surface area contributed by atoms with Gasteiger partial charge < -0.3 is 15.1 Å². The fourth-order valence-electron chi connectivity index (χ4n) is 2.78. The number of nitrogens with one attached hydrogen (secondary N) is 1. The van der Waals surface area contributed by atoms with Crippen LogP contribution in [0.2, 0.25) is 10.0 Å². The van der Waals surface area contributed by atoms with E-state index in [1.807, 2.05) is 12.1 Å². The average molecular weight is 429 g/mol. The van der Waals surface area contributed by atoms with E-state index in [0.29, 0.717) is 41.9 Å². The van der Waals surface area contributed by atoms with E-state index in [0.717, 1.165) is 5.69 Å². The van der Waals surface area contributed by atoms with Crippen LogP contribution in [-0.2, 0) is 10.0 Å². The molecule has 144 valence electrons. The SMILES string of the molecule is NS(=O)(=O)c1ccc(NC(=O)N2CCN(c3ccc(Cl)c(Cl)c3)CC2)cc1. The number of sulfonamides is 1. The van der Waals surface area contributed by atoms with Crippen molar-refractivity contribution in [3.8, 4) is 0 Å². The Bertz CT molecular complexity index is 943. The lowest BCUT2D eigenvalue weighted by molar-refractivity contribution is 0.208.